The lowest BCUT2D eigenvalue weighted by molar-refractivity contribution is 0.359. The minimum Gasteiger partial charge on any atom is -0.310 e. The van der Waals surface area contributed by atoms with E-state index in [0.717, 1.165) is 12.2 Å². The van der Waals surface area contributed by atoms with Crippen LogP contribution in [-0.4, -0.2) is 16.3 Å². The topological polar surface area (TPSA) is 29.9 Å². The molecule has 0 aliphatic heterocycles. The van der Waals surface area contributed by atoms with Gasteiger partial charge in [0.15, 0.2) is 0 Å². The maximum atomic E-state index is 4.53. The molecular weight excluding hydrogens is 246 g/mol. The smallest absolute Gasteiger partial charge is 0.0648 e. The first kappa shape index (κ1) is 14.8. The Bertz CT molecular complexity index is 549. The first-order chi connectivity index (χ1) is 9.38. The maximum absolute atomic E-state index is 4.53. The summed E-state index contributed by atoms with van der Waals surface area (Å²) < 4.78 is 2.00. The van der Waals surface area contributed by atoms with Gasteiger partial charge in [0.2, 0.25) is 0 Å². The third-order valence-corrected chi connectivity index (χ3v) is 3.45. The quantitative estimate of drug-likeness (QED) is 0.914. The van der Waals surface area contributed by atoms with Gasteiger partial charge in [-0.05, 0) is 31.4 Å². The molecule has 0 saturated heterocycles. The van der Waals surface area contributed by atoms with Crippen molar-refractivity contribution in [1.82, 2.24) is 15.1 Å². The fraction of sp³-hybridized carbons (Fsp3) is 0.471. The molecule has 1 N–H and O–H groups in total. The van der Waals surface area contributed by atoms with Crippen molar-refractivity contribution in [3.8, 4) is 5.69 Å². The van der Waals surface area contributed by atoms with Crippen LogP contribution in [0, 0.1) is 12.3 Å². The molecule has 0 amide bonds. The van der Waals surface area contributed by atoms with Gasteiger partial charge >= 0.3 is 0 Å². The predicted octanol–water partition coefficient (Wildman–Crippen LogP) is 3.88. The highest BCUT2D eigenvalue weighted by atomic mass is 15.3. The van der Waals surface area contributed by atoms with Gasteiger partial charge < -0.3 is 5.32 Å². The molecule has 3 nitrogen and oxygen atoms in total. The molecule has 0 fully saturated rings. The maximum Gasteiger partial charge on any atom is 0.0648 e. The van der Waals surface area contributed by atoms with Gasteiger partial charge in [-0.2, -0.15) is 5.10 Å². The predicted molar refractivity (Wildman–Crippen MR) is 84.2 cm³/mol. The summed E-state index contributed by atoms with van der Waals surface area (Å²) >= 11 is 0. The van der Waals surface area contributed by atoms with Crippen LogP contribution in [0.1, 0.15) is 45.0 Å². The molecule has 20 heavy (non-hydrogen) atoms. The molecule has 2 rings (SSSR count). The molecule has 2 aromatic rings. The van der Waals surface area contributed by atoms with Crippen LogP contribution in [-0.2, 0) is 0 Å². The second-order valence-corrected chi connectivity index (χ2v) is 6.60. The second kappa shape index (κ2) is 5.80. The van der Waals surface area contributed by atoms with E-state index in [1.807, 2.05) is 29.1 Å². The highest BCUT2D eigenvalue weighted by Gasteiger charge is 2.16. The first-order valence-corrected chi connectivity index (χ1v) is 7.22. The fourth-order valence-electron chi connectivity index (χ4n) is 2.25. The molecule has 3 heteroatoms. The van der Waals surface area contributed by atoms with Gasteiger partial charge in [-0.3, -0.25) is 0 Å². The Morgan fingerprint density at radius 3 is 2.45 bits per heavy atom. The Kier molecular flexibility index (Phi) is 4.29. The number of para-hydroxylation sites is 1. The third kappa shape index (κ3) is 3.48. The van der Waals surface area contributed by atoms with E-state index in [2.05, 4.69) is 57.2 Å². The second-order valence-electron chi connectivity index (χ2n) is 6.60. The standard InChI is InChI=1S/C17H25N3/c1-13(18-12-17(3,4)5)16-11-19-20(14(16)2)15-9-7-6-8-10-15/h6-11,13,18H,12H2,1-5H3/t13-/m1/s1. The minimum absolute atomic E-state index is 0.289. The highest BCUT2D eigenvalue weighted by Crippen LogP contribution is 2.21. The van der Waals surface area contributed by atoms with Gasteiger partial charge in [-0.15, -0.1) is 0 Å². The molecule has 108 valence electrons. The molecule has 1 aromatic carbocycles. The fourth-order valence-corrected chi connectivity index (χ4v) is 2.25. The molecule has 0 bridgehead atoms. The zero-order valence-corrected chi connectivity index (χ0v) is 13.1. The normalized spacial score (nSPS) is 13.4. The van der Waals surface area contributed by atoms with Crippen molar-refractivity contribution < 1.29 is 0 Å². The number of aromatic nitrogens is 2. The number of hydrogen-bond donors (Lipinski definition) is 1. The van der Waals surface area contributed by atoms with Gasteiger partial charge in [0.25, 0.3) is 0 Å². The lowest BCUT2D eigenvalue weighted by atomic mass is 9.96. The molecule has 1 heterocycles. The number of hydrogen-bond acceptors (Lipinski definition) is 2. The SMILES string of the molecule is Cc1c([C@@H](C)NCC(C)(C)C)cnn1-c1ccccc1. The molecule has 0 aliphatic rings. The van der Waals surface area contributed by atoms with Crippen LogP contribution in [0.15, 0.2) is 36.5 Å². The lowest BCUT2D eigenvalue weighted by Gasteiger charge is -2.22. The number of nitrogens with zero attached hydrogens (tertiary/aromatic N) is 2. The summed E-state index contributed by atoms with van der Waals surface area (Å²) in [6, 6.07) is 10.6. The molecule has 1 atom stereocenters. The van der Waals surface area contributed by atoms with Crippen molar-refractivity contribution in [2.45, 2.75) is 40.7 Å². The minimum atomic E-state index is 0.289. The summed E-state index contributed by atoms with van der Waals surface area (Å²) in [6.45, 7) is 12.0. The van der Waals surface area contributed by atoms with Crippen molar-refractivity contribution in [2.75, 3.05) is 6.54 Å². The van der Waals surface area contributed by atoms with E-state index in [-0.39, 0.29) is 5.41 Å². The zero-order chi connectivity index (χ0) is 14.8. The largest absolute Gasteiger partial charge is 0.310 e. The Labute approximate surface area is 122 Å². The summed E-state index contributed by atoms with van der Waals surface area (Å²) in [5.74, 6) is 0. The average Bonchev–Trinajstić information content (AvgIpc) is 2.78. The Morgan fingerprint density at radius 2 is 1.85 bits per heavy atom. The van der Waals surface area contributed by atoms with E-state index in [0.29, 0.717) is 6.04 Å². The van der Waals surface area contributed by atoms with Crippen molar-refractivity contribution in [3.05, 3.63) is 47.8 Å². The highest BCUT2D eigenvalue weighted by molar-refractivity contribution is 5.35. The van der Waals surface area contributed by atoms with Gasteiger partial charge in [-0.25, -0.2) is 4.68 Å². The van der Waals surface area contributed by atoms with Crippen LogP contribution in [0.5, 0.6) is 0 Å². The van der Waals surface area contributed by atoms with Crippen molar-refractivity contribution in [1.29, 1.82) is 0 Å². The van der Waals surface area contributed by atoms with Crippen LogP contribution in [0.25, 0.3) is 5.69 Å². The van der Waals surface area contributed by atoms with E-state index in [1.54, 1.807) is 0 Å². The van der Waals surface area contributed by atoms with Crippen molar-refractivity contribution in [3.63, 3.8) is 0 Å². The number of rotatable bonds is 4. The molecular formula is C17H25N3. The van der Waals surface area contributed by atoms with E-state index in [4.69, 9.17) is 0 Å². The first-order valence-electron chi connectivity index (χ1n) is 7.22. The Morgan fingerprint density at radius 1 is 1.20 bits per heavy atom. The van der Waals surface area contributed by atoms with Gasteiger partial charge in [0.1, 0.15) is 0 Å². The van der Waals surface area contributed by atoms with Gasteiger partial charge in [0.05, 0.1) is 11.9 Å². The summed E-state index contributed by atoms with van der Waals surface area (Å²) in [6.07, 6.45) is 1.97. The monoisotopic (exact) mass is 271 g/mol. The lowest BCUT2D eigenvalue weighted by Crippen LogP contribution is -2.29. The van der Waals surface area contributed by atoms with Crippen LogP contribution in [0.3, 0.4) is 0 Å². The molecule has 0 spiro atoms. The van der Waals surface area contributed by atoms with E-state index >= 15 is 0 Å². The Hall–Kier alpha value is -1.61. The number of benzene rings is 1. The molecule has 1 aromatic heterocycles. The molecule has 0 saturated carbocycles. The molecule has 0 unspecified atom stereocenters. The van der Waals surface area contributed by atoms with Gasteiger partial charge in [-0.1, -0.05) is 39.0 Å². The van der Waals surface area contributed by atoms with Crippen molar-refractivity contribution >= 4 is 0 Å². The average molecular weight is 271 g/mol. The van der Waals surface area contributed by atoms with E-state index < -0.39 is 0 Å². The molecule has 0 aliphatic carbocycles. The van der Waals surface area contributed by atoms with Crippen LogP contribution in [0.2, 0.25) is 0 Å². The summed E-state index contributed by atoms with van der Waals surface area (Å²) in [5, 5.41) is 8.12. The molecule has 0 radical (unpaired) electrons. The van der Waals surface area contributed by atoms with Crippen LogP contribution in [0.4, 0.5) is 0 Å². The van der Waals surface area contributed by atoms with E-state index in [1.165, 1.54) is 11.3 Å². The van der Waals surface area contributed by atoms with Crippen LogP contribution < -0.4 is 5.32 Å². The third-order valence-electron chi connectivity index (χ3n) is 3.45. The summed E-state index contributed by atoms with van der Waals surface area (Å²) in [4.78, 5) is 0. The summed E-state index contributed by atoms with van der Waals surface area (Å²) in [5.41, 5.74) is 3.86. The summed E-state index contributed by atoms with van der Waals surface area (Å²) in [7, 11) is 0. The van der Waals surface area contributed by atoms with E-state index in [9.17, 15) is 0 Å². The van der Waals surface area contributed by atoms with Crippen LogP contribution >= 0.6 is 0 Å². The van der Waals surface area contributed by atoms with Crippen molar-refractivity contribution in [2.24, 2.45) is 5.41 Å². The number of nitrogens with one attached hydrogen (secondary N) is 1. The Balaban J connectivity index is 2.17. The zero-order valence-electron chi connectivity index (χ0n) is 13.1. The van der Waals surface area contributed by atoms with Gasteiger partial charge in [0, 0.05) is 23.8 Å².